The van der Waals surface area contributed by atoms with Crippen LogP contribution in [0.2, 0.25) is 5.02 Å². The fraction of sp³-hybridized carbons (Fsp3) is 0.538. The summed E-state index contributed by atoms with van der Waals surface area (Å²) in [6, 6.07) is 4.95. The van der Waals surface area contributed by atoms with Crippen molar-refractivity contribution in [3.63, 3.8) is 0 Å². The van der Waals surface area contributed by atoms with Crippen molar-refractivity contribution < 1.29 is 13.5 Å². The van der Waals surface area contributed by atoms with Crippen LogP contribution in [0.25, 0.3) is 0 Å². The van der Waals surface area contributed by atoms with Crippen molar-refractivity contribution in [2.24, 2.45) is 0 Å². The van der Waals surface area contributed by atoms with E-state index in [0.29, 0.717) is 23.2 Å². The van der Waals surface area contributed by atoms with Crippen LogP contribution < -0.4 is 10.1 Å². The standard InChI is InChI=1S/C13H18ClF2NOS/c1-3-19-8-9(2)17-7-10-6-11(14)4-5-12(10)18-13(15)16/h4-6,9,13,17H,3,7-8H2,1-2H3. The lowest BCUT2D eigenvalue weighted by Gasteiger charge is -2.16. The maximum atomic E-state index is 12.3. The first-order valence-electron chi connectivity index (χ1n) is 6.07. The number of thioether (sulfide) groups is 1. The van der Waals surface area contributed by atoms with E-state index in [9.17, 15) is 8.78 Å². The molecule has 1 unspecified atom stereocenters. The third kappa shape index (κ3) is 6.45. The maximum Gasteiger partial charge on any atom is 0.387 e. The fourth-order valence-corrected chi connectivity index (χ4v) is 2.44. The fourth-order valence-electron chi connectivity index (χ4n) is 1.53. The highest BCUT2D eigenvalue weighted by atomic mass is 35.5. The van der Waals surface area contributed by atoms with Gasteiger partial charge in [-0.15, -0.1) is 0 Å². The molecule has 1 atom stereocenters. The van der Waals surface area contributed by atoms with Crippen LogP contribution in [-0.2, 0) is 6.54 Å². The second-order valence-corrected chi connectivity index (χ2v) is 5.83. The van der Waals surface area contributed by atoms with Crippen LogP contribution >= 0.6 is 23.4 Å². The molecular formula is C13H18ClF2NOS. The van der Waals surface area contributed by atoms with Crippen molar-refractivity contribution in [2.75, 3.05) is 11.5 Å². The average Bonchev–Trinajstić information content (AvgIpc) is 2.36. The number of halogens is 3. The minimum atomic E-state index is -2.83. The lowest BCUT2D eigenvalue weighted by molar-refractivity contribution is -0.0505. The van der Waals surface area contributed by atoms with E-state index in [1.807, 2.05) is 11.8 Å². The summed E-state index contributed by atoms with van der Waals surface area (Å²) in [7, 11) is 0. The Balaban J connectivity index is 2.62. The number of rotatable bonds is 8. The third-order valence-electron chi connectivity index (χ3n) is 2.45. The van der Waals surface area contributed by atoms with E-state index < -0.39 is 6.61 Å². The molecule has 0 aliphatic heterocycles. The zero-order valence-electron chi connectivity index (χ0n) is 11.0. The molecule has 6 heteroatoms. The molecule has 1 N–H and O–H groups in total. The molecule has 0 bridgehead atoms. The quantitative estimate of drug-likeness (QED) is 0.778. The van der Waals surface area contributed by atoms with Gasteiger partial charge in [0.1, 0.15) is 5.75 Å². The van der Waals surface area contributed by atoms with Gasteiger partial charge in [0.2, 0.25) is 0 Å². The first kappa shape index (κ1) is 16.5. The molecule has 0 aromatic heterocycles. The third-order valence-corrected chi connectivity index (χ3v) is 3.83. The maximum absolute atomic E-state index is 12.3. The summed E-state index contributed by atoms with van der Waals surface area (Å²) in [5, 5.41) is 3.78. The van der Waals surface area contributed by atoms with Crippen LogP contribution in [0.4, 0.5) is 8.78 Å². The minimum Gasteiger partial charge on any atom is -0.434 e. The first-order valence-corrected chi connectivity index (χ1v) is 7.60. The lowest BCUT2D eigenvalue weighted by Crippen LogP contribution is -2.28. The molecule has 1 aromatic carbocycles. The second kappa shape index (κ2) is 8.61. The van der Waals surface area contributed by atoms with E-state index in [2.05, 4.69) is 23.9 Å². The smallest absolute Gasteiger partial charge is 0.387 e. The van der Waals surface area contributed by atoms with Gasteiger partial charge in [-0.1, -0.05) is 18.5 Å². The van der Waals surface area contributed by atoms with Crippen molar-refractivity contribution in [1.29, 1.82) is 0 Å². The first-order chi connectivity index (χ1) is 9.02. The molecule has 0 aliphatic rings. The molecule has 0 saturated carbocycles. The minimum absolute atomic E-state index is 0.169. The van der Waals surface area contributed by atoms with Crippen molar-refractivity contribution in [2.45, 2.75) is 33.0 Å². The van der Waals surface area contributed by atoms with Crippen LogP contribution in [0.3, 0.4) is 0 Å². The molecule has 0 heterocycles. The van der Waals surface area contributed by atoms with Crippen LogP contribution in [0.5, 0.6) is 5.75 Å². The summed E-state index contributed by atoms with van der Waals surface area (Å²) >= 11 is 7.71. The van der Waals surface area contributed by atoms with Crippen LogP contribution in [0, 0.1) is 0 Å². The highest BCUT2D eigenvalue weighted by Crippen LogP contribution is 2.24. The van der Waals surface area contributed by atoms with Crippen LogP contribution in [-0.4, -0.2) is 24.2 Å². The Morgan fingerprint density at radius 2 is 2.16 bits per heavy atom. The Kier molecular flexibility index (Phi) is 7.49. The lowest BCUT2D eigenvalue weighted by atomic mass is 10.2. The number of hydrogen-bond donors (Lipinski definition) is 1. The van der Waals surface area contributed by atoms with Crippen LogP contribution in [0.15, 0.2) is 18.2 Å². The Hall–Kier alpha value is -0.520. The van der Waals surface area contributed by atoms with Gasteiger partial charge in [-0.25, -0.2) is 0 Å². The predicted octanol–water partition coefficient (Wildman–Crippen LogP) is 4.17. The molecule has 0 spiro atoms. The topological polar surface area (TPSA) is 21.3 Å². The van der Waals surface area contributed by atoms with E-state index >= 15 is 0 Å². The number of hydrogen-bond acceptors (Lipinski definition) is 3. The van der Waals surface area contributed by atoms with E-state index in [1.165, 1.54) is 6.07 Å². The number of ether oxygens (including phenoxy) is 1. The highest BCUT2D eigenvalue weighted by molar-refractivity contribution is 7.99. The van der Waals surface area contributed by atoms with Gasteiger partial charge in [-0.3, -0.25) is 0 Å². The summed E-state index contributed by atoms with van der Waals surface area (Å²) in [4.78, 5) is 0. The molecule has 0 amide bonds. The van der Waals surface area contributed by atoms with E-state index in [-0.39, 0.29) is 5.75 Å². The van der Waals surface area contributed by atoms with Gasteiger partial charge in [0, 0.05) is 28.9 Å². The average molecular weight is 310 g/mol. The van der Waals surface area contributed by atoms with Crippen LogP contribution in [0.1, 0.15) is 19.4 Å². The molecule has 2 nitrogen and oxygen atoms in total. The molecule has 1 rings (SSSR count). The molecule has 0 radical (unpaired) electrons. The van der Waals surface area contributed by atoms with E-state index in [4.69, 9.17) is 11.6 Å². The van der Waals surface area contributed by atoms with Crippen molar-refractivity contribution in [1.82, 2.24) is 5.32 Å². The van der Waals surface area contributed by atoms with Gasteiger partial charge in [-0.2, -0.15) is 20.5 Å². The van der Waals surface area contributed by atoms with Gasteiger partial charge in [-0.05, 0) is 30.9 Å². The molecular weight excluding hydrogens is 292 g/mol. The number of alkyl halides is 2. The Labute approximate surface area is 121 Å². The molecule has 1 aromatic rings. The van der Waals surface area contributed by atoms with E-state index in [0.717, 1.165) is 11.5 Å². The zero-order chi connectivity index (χ0) is 14.3. The Morgan fingerprint density at radius 3 is 2.79 bits per heavy atom. The molecule has 0 saturated heterocycles. The molecule has 0 fully saturated rings. The van der Waals surface area contributed by atoms with Gasteiger partial charge in [0.05, 0.1) is 0 Å². The number of benzene rings is 1. The SMILES string of the molecule is CCSCC(C)NCc1cc(Cl)ccc1OC(F)F. The van der Waals surface area contributed by atoms with Crippen molar-refractivity contribution >= 4 is 23.4 Å². The normalized spacial score (nSPS) is 12.7. The molecule has 19 heavy (non-hydrogen) atoms. The van der Waals surface area contributed by atoms with Gasteiger partial charge in [0.15, 0.2) is 0 Å². The van der Waals surface area contributed by atoms with Gasteiger partial charge >= 0.3 is 6.61 Å². The van der Waals surface area contributed by atoms with Gasteiger partial charge in [0.25, 0.3) is 0 Å². The van der Waals surface area contributed by atoms with Crippen molar-refractivity contribution in [3.8, 4) is 5.75 Å². The zero-order valence-corrected chi connectivity index (χ0v) is 12.5. The summed E-state index contributed by atoms with van der Waals surface area (Å²) < 4.78 is 29.1. The molecule has 108 valence electrons. The Morgan fingerprint density at radius 1 is 1.42 bits per heavy atom. The molecule has 0 aliphatic carbocycles. The van der Waals surface area contributed by atoms with E-state index in [1.54, 1.807) is 12.1 Å². The van der Waals surface area contributed by atoms with Gasteiger partial charge < -0.3 is 10.1 Å². The predicted molar refractivity (Wildman–Crippen MR) is 77.4 cm³/mol. The highest BCUT2D eigenvalue weighted by Gasteiger charge is 2.11. The summed E-state index contributed by atoms with van der Waals surface area (Å²) in [5.74, 6) is 2.20. The Bertz CT molecular complexity index is 393. The second-order valence-electron chi connectivity index (χ2n) is 4.07. The monoisotopic (exact) mass is 309 g/mol. The summed E-state index contributed by atoms with van der Waals surface area (Å²) in [6.45, 7) is 1.78. The van der Waals surface area contributed by atoms with Crippen molar-refractivity contribution in [3.05, 3.63) is 28.8 Å². The number of nitrogens with one attached hydrogen (secondary N) is 1. The largest absolute Gasteiger partial charge is 0.434 e. The summed E-state index contributed by atoms with van der Waals surface area (Å²) in [5.41, 5.74) is 0.640. The summed E-state index contributed by atoms with van der Waals surface area (Å²) in [6.07, 6.45) is 0.